The van der Waals surface area contributed by atoms with Gasteiger partial charge in [0.05, 0.1) is 6.61 Å². The number of benzene rings is 1. The van der Waals surface area contributed by atoms with Crippen molar-refractivity contribution in [3.05, 3.63) is 29.6 Å². The standard InChI is InChI=1S/C15H20FNO/c16-14-3-1-2-12(8-17)15(14)18-9-13-7-10-4-5-11(13)6-10/h1-3,10-11,13H,4-9,17H2. The third-order valence-electron chi connectivity index (χ3n) is 4.59. The largest absolute Gasteiger partial charge is 0.490 e. The van der Waals surface area contributed by atoms with E-state index in [1.54, 1.807) is 6.07 Å². The van der Waals surface area contributed by atoms with Gasteiger partial charge in [0.2, 0.25) is 0 Å². The average Bonchev–Trinajstić information content (AvgIpc) is 2.99. The molecule has 98 valence electrons. The number of hydrogen-bond donors (Lipinski definition) is 1. The van der Waals surface area contributed by atoms with E-state index in [0.717, 1.165) is 17.4 Å². The molecule has 3 atom stereocenters. The van der Waals surface area contributed by atoms with Crippen molar-refractivity contribution in [2.75, 3.05) is 6.61 Å². The Bertz CT molecular complexity index is 435. The lowest BCUT2D eigenvalue weighted by Crippen LogP contribution is -2.19. The maximum Gasteiger partial charge on any atom is 0.165 e. The lowest BCUT2D eigenvalue weighted by atomic mass is 9.89. The van der Waals surface area contributed by atoms with Crippen molar-refractivity contribution in [3.8, 4) is 5.75 Å². The first-order chi connectivity index (χ1) is 8.78. The molecule has 0 aromatic heterocycles. The molecule has 2 aliphatic carbocycles. The SMILES string of the molecule is NCc1cccc(F)c1OCC1CC2CCC1C2. The first-order valence-corrected chi connectivity index (χ1v) is 6.88. The molecule has 1 aromatic carbocycles. The zero-order chi connectivity index (χ0) is 12.5. The fourth-order valence-electron chi connectivity index (χ4n) is 3.65. The summed E-state index contributed by atoms with van der Waals surface area (Å²) in [7, 11) is 0. The molecule has 2 saturated carbocycles. The minimum atomic E-state index is -0.291. The van der Waals surface area contributed by atoms with E-state index in [9.17, 15) is 4.39 Å². The fraction of sp³-hybridized carbons (Fsp3) is 0.600. The number of nitrogens with two attached hydrogens (primary N) is 1. The molecule has 2 bridgehead atoms. The fourth-order valence-corrected chi connectivity index (χ4v) is 3.65. The Morgan fingerprint density at radius 2 is 2.17 bits per heavy atom. The molecule has 2 fully saturated rings. The van der Waals surface area contributed by atoms with Crippen LogP contribution in [0.25, 0.3) is 0 Å². The Morgan fingerprint density at radius 3 is 2.83 bits per heavy atom. The predicted octanol–water partition coefficient (Wildman–Crippen LogP) is 3.10. The topological polar surface area (TPSA) is 35.2 Å². The number of rotatable bonds is 4. The summed E-state index contributed by atoms with van der Waals surface area (Å²) in [6.07, 6.45) is 5.33. The predicted molar refractivity (Wildman–Crippen MR) is 68.7 cm³/mol. The van der Waals surface area contributed by atoms with Gasteiger partial charge in [0.15, 0.2) is 11.6 Å². The van der Waals surface area contributed by atoms with E-state index in [1.165, 1.54) is 31.7 Å². The Balaban J connectivity index is 1.66. The van der Waals surface area contributed by atoms with Gasteiger partial charge in [-0.25, -0.2) is 4.39 Å². The van der Waals surface area contributed by atoms with Gasteiger partial charge in [0.25, 0.3) is 0 Å². The Hall–Kier alpha value is -1.09. The molecule has 3 unspecified atom stereocenters. The van der Waals surface area contributed by atoms with Crippen molar-refractivity contribution < 1.29 is 9.13 Å². The zero-order valence-electron chi connectivity index (χ0n) is 10.6. The molecule has 0 spiro atoms. The second kappa shape index (κ2) is 4.88. The van der Waals surface area contributed by atoms with Gasteiger partial charge < -0.3 is 10.5 Å². The quantitative estimate of drug-likeness (QED) is 0.890. The van der Waals surface area contributed by atoms with Crippen molar-refractivity contribution in [1.29, 1.82) is 0 Å². The first-order valence-electron chi connectivity index (χ1n) is 6.88. The van der Waals surface area contributed by atoms with Gasteiger partial charge in [-0.2, -0.15) is 0 Å². The van der Waals surface area contributed by atoms with E-state index < -0.39 is 0 Å². The van der Waals surface area contributed by atoms with Crippen LogP contribution in [0.1, 0.15) is 31.2 Å². The molecule has 0 amide bonds. The van der Waals surface area contributed by atoms with E-state index in [-0.39, 0.29) is 5.82 Å². The van der Waals surface area contributed by atoms with Crippen LogP contribution in [0.4, 0.5) is 4.39 Å². The number of fused-ring (bicyclic) bond motifs is 2. The highest BCUT2D eigenvalue weighted by Gasteiger charge is 2.39. The van der Waals surface area contributed by atoms with E-state index in [0.29, 0.717) is 24.8 Å². The van der Waals surface area contributed by atoms with Crippen molar-refractivity contribution in [2.24, 2.45) is 23.5 Å². The second-order valence-electron chi connectivity index (χ2n) is 5.68. The van der Waals surface area contributed by atoms with Crippen LogP contribution in [0.5, 0.6) is 5.75 Å². The molecule has 18 heavy (non-hydrogen) atoms. The summed E-state index contributed by atoms with van der Waals surface area (Å²) < 4.78 is 19.5. The molecule has 1 aromatic rings. The van der Waals surface area contributed by atoms with Crippen molar-refractivity contribution in [1.82, 2.24) is 0 Å². The molecule has 0 saturated heterocycles. The monoisotopic (exact) mass is 249 g/mol. The number of para-hydroxylation sites is 1. The van der Waals surface area contributed by atoms with Crippen molar-refractivity contribution in [3.63, 3.8) is 0 Å². The van der Waals surface area contributed by atoms with Gasteiger partial charge in [0.1, 0.15) is 0 Å². The third kappa shape index (κ3) is 2.12. The highest BCUT2D eigenvalue weighted by atomic mass is 19.1. The summed E-state index contributed by atoms with van der Waals surface area (Å²) in [6, 6.07) is 4.95. The van der Waals surface area contributed by atoms with Gasteiger partial charge in [-0.1, -0.05) is 18.6 Å². The lowest BCUT2D eigenvalue weighted by molar-refractivity contribution is 0.188. The van der Waals surface area contributed by atoms with Crippen LogP contribution in [0.3, 0.4) is 0 Å². The first kappa shape index (κ1) is 12.0. The highest BCUT2D eigenvalue weighted by Crippen LogP contribution is 2.48. The molecule has 3 heteroatoms. The van der Waals surface area contributed by atoms with Crippen LogP contribution in [0.2, 0.25) is 0 Å². The average molecular weight is 249 g/mol. The maximum atomic E-state index is 13.7. The molecular weight excluding hydrogens is 229 g/mol. The van der Waals surface area contributed by atoms with Gasteiger partial charge in [-0.15, -0.1) is 0 Å². The molecule has 2 aliphatic rings. The zero-order valence-corrected chi connectivity index (χ0v) is 10.6. The summed E-state index contributed by atoms with van der Waals surface area (Å²) in [5, 5.41) is 0. The lowest BCUT2D eigenvalue weighted by Gasteiger charge is -2.22. The van der Waals surface area contributed by atoms with Crippen LogP contribution in [-0.4, -0.2) is 6.61 Å². The Kier molecular flexibility index (Phi) is 3.25. The summed E-state index contributed by atoms with van der Waals surface area (Å²) >= 11 is 0. The number of ether oxygens (including phenoxy) is 1. The van der Waals surface area contributed by atoms with Crippen LogP contribution in [0, 0.1) is 23.6 Å². The van der Waals surface area contributed by atoms with Gasteiger partial charge in [-0.3, -0.25) is 0 Å². The Morgan fingerprint density at radius 1 is 1.28 bits per heavy atom. The molecule has 0 radical (unpaired) electrons. The number of halogens is 1. The van der Waals surface area contributed by atoms with Crippen LogP contribution in [-0.2, 0) is 6.54 Å². The molecule has 0 heterocycles. The smallest absolute Gasteiger partial charge is 0.165 e. The minimum absolute atomic E-state index is 0.291. The molecule has 2 nitrogen and oxygen atoms in total. The van der Waals surface area contributed by atoms with Gasteiger partial charge in [-0.05, 0) is 43.1 Å². The van der Waals surface area contributed by atoms with Crippen molar-refractivity contribution in [2.45, 2.75) is 32.2 Å². The van der Waals surface area contributed by atoms with Crippen molar-refractivity contribution >= 4 is 0 Å². The second-order valence-corrected chi connectivity index (χ2v) is 5.68. The molecule has 3 rings (SSSR count). The van der Waals surface area contributed by atoms with E-state index in [1.807, 2.05) is 6.07 Å². The summed E-state index contributed by atoms with van der Waals surface area (Å²) in [5.74, 6) is 2.40. The maximum absolute atomic E-state index is 13.7. The summed E-state index contributed by atoms with van der Waals surface area (Å²) in [5.41, 5.74) is 6.38. The summed E-state index contributed by atoms with van der Waals surface area (Å²) in [6.45, 7) is 0.971. The van der Waals surface area contributed by atoms with Gasteiger partial charge in [0, 0.05) is 12.1 Å². The molecular formula is C15H20FNO. The minimum Gasteiger partial charge on any atom is -0.490 e. The summed E-state index contributed by atoms with van der Waals surface area (Å²) in [4.78, 5) is 0. The van der Waals surface area contributed by atoms with E-state index in [2.05, 4.69) is 0 Å². The van der Waals surface area contributed by atoms with Crippen LogP contribution < -0.4 is 10.5 Å². The highest BCUT2D eigenvalue weighted by molar-refractivity contribution is 5.34. The van der Waals surface area contributed by atoms with Crippen LogP contribution >= 0.6 is 0 Å². The van der Waals surface area contributed by atoms with Gasteiger partial charge >= 0.3 is 0 Å². The molecule has 0 aliphatic heterocycles. The third-order valence-corrected chi connectivity index (χ3v) is 4.59. The normalized spacial score (nSPS) is 29.8. The Labute approximate surface area is 107 Å². The van der Waals surface area contributed by atoms with E-state index in [4.69, 9.17) is 10.5 Å². The number of hydrogen-bond acceptors (Lipinski definition) is 2. The van der Waals surface area contributed by atoms with E-state index >= 15 is 0 Å². The van der Waals surface area contributed by atoms with Crippen LogP contribution in [0.15, 0.2) is 18.2 Å². The molecule has 2 N–H and O–H groups in total.